The summed E-state index contributed by atoms with van der Waals surface area (Å²) in [6.45, 7) is 6.84. The van der Waals surface area contributed by atoms with Crippen molar-refractivity contribution >= 4 is 44.1 Å². The molecule has 0 spiro atoms. The smallest absolute Gasteiger partial charge is 0.550 e. The maximum atomic E-state index is 10.3. The van der Waals surface area contributed by atoms with Crippen LogP contribution in [0.15, 0.2) is 0 Å². The molecule has 0 aromatic heterocycles. The van der Waals surface area contributed by atoms with Crippen molar-refractivity contribution in [3.63, 3.8) is 0 Å². The average molecular weight is 1230 g/mol. The van der Waals surface area contributed by atoms with Gasteiger partial charge in [0.25, 0.3) is 0 Å². The van der Waals surface area contributed by atoms with E-state index >= 15 is 0 Å². The molecule has 0 aromatic carbocycles. The summed E-state index contributed by atoms with van der Waals surface area (Å²) in [7, 11) is 0. The van der Waals surface area contributed by atoms with Crippen LogP contribution in [-0.2, 0) is 14.4 Å². The molecule has 0 rings (SSSR count). The molecule has 434 valence electrons. The van der Waals surface area contributed by atoms with E-state index in [1.54, 1.807) is 0 Å². The molecule has 0 heterocycles. The Bertz CT molecular complexity index is 882. The molecule has 0 bridgehead atoms. The minimum absolute atomic E-state index is 0. The van der Waals surface area contributed by atoms with Crippen LogP contribution in [0.2, 0.25) is 0 Å². The molecule has 0 fully saturated rings. The molecule has 0 saturated heterocycles. The number of carboxylic acids is 3. The van der Waals surface area contributed by atoms with Crippen LogP contribution in [0.4, 0.5) is 0 Å². The van der Waals surface area contributed by atoms with E-state index in [-0.39, 0.29) is 45.5 Å². The van der Waals surface area contributed by atoms with Gasteiger partial charge in [-0.05, 0) is 38.5 Å². The third kappa shape index (κ3) is 88.2. The predicted octanol–water partition coefficient (Wildman–Crippen LogP) is 19.3. The second-order valence-electron chi connectivity index (χ2n) is 22.5. The fourth-order valence-electron chi connectivity index (χ4n) is 10.0. The van der Waals surface area contributed by atoms with Gasteiger partial charge in [-0.1, -0.05) is 367 Å². The SMILES string of the molecule is CCCCCCCCCCCCCCCCCCCCCC(=O)[O-].CCCCCCCCCCCCCCCCCCCCCC(=O)[O-].CCCCCCCCCCCCCCCCCCCCCC(=O)[O-].[Bi+3]. The molecule has 7 heteroatoms. The van der Waals surface area contributed by atoms with Gasteiger partial charge in [-0.15, -0.1) is 0 Å². The maximum Gasteiger partial charge on any atom is 3.00 e. The Hall–Kier alpha value is -0.707. The first-order chi connectivity index (χ1) is 35.3. The van der Waals surface area contributed by atoms with E-state index in [0.29, 0.717) is 0 Å². The van der Waals surface area contributed by atoms with Gasteiger partial charge in [-0.2, -0.15) is 0 Å². The number of rotatable bonds is 60. The van der Waals surface area contributed by atoms with Crippen molar-refractivity contribution < 1.29 is 29.7 Å². The van der Waals surface area contributed by atoms with Gasteiger partial charge in [0.2, 0.25) is 0 Å². The third-order valence-corrected chi connectivity index (χ3v) is 15.0. The summed E-state index contributed by atoms with van der Waals surface area (Å²) >= 11 is 0. The molecule has 0 aliphatic carbocycles. The Kier molecular flexibility index (Phi) is 81.5. The van der Waals surface area contributed by atoms with Gasteiger partial charge in [0.15, 0.2) is 0 Å². The van der Waals surface area contributed by atoms with Crippen molar-refractivity contribution in [3.05, 3.63) is 0 Å². The molecule has 6 nitrogen and oxygen atoms in total. The summed E-state index contributed by atoms with van der Waals surface area (Å²) in [6.07, 6.45) is 77.2. The summed E-state index contributed by atoms with van der Waals surface area (Å²) in [4.78, 5) is 30.8. The number of carbonyl (C=O) groups is 3. The van der Waals surface area contributed by atoms with Crippen molar-refractivity contribution in [2.24, 2.45) is 0 Å². The van der Waals surface area contributed by atoms with E-state index in [4.69, 9.17) is 0 Å². The van der Waals surface area contributed by atoms with Crippen molar-refractivity contribution in [1.29, 1.82) is 0 Å². The first-order valence-electron chi connectivity index (χ1n) is 32.9. The Morgan fingerprint density at radius 3 is 0.342 bits per heavy atom. The van der Waals surface area contributed by atoms with E-state index in [0.717, 1.165) is 38.5 Å². The number of unbranched alkanes of at least 4 members (excludes halogenated alkanes) is 54. The monoisotopic (exact) mass is 1230 g/mol. The Labute approximate surface area is 477 Å². The standard InChI is InChI=1S/3C22H44O2.Bi/c3*1-2-3-4-5-6-7-8-9-10-11-12-13-14-15-16-17-18-19-20-21-22(23)24;/h3*2-21H2,1H3,(H,23,24);/q;;;+3/p-3. The normalized spacial score (nSPS) is 10.9. The average Bonchev–Trinajstić information content (AvgIpc) is 3.36. The number of hydrogen-bond donors (Lipinski definition) is 0. The molecule has 0 aliphatic heterocycles. The summed E-state index contributed by atoms with van der Waals surface area (Å²) in [5.74, 6) is -2.70. The van der Waals surface area contributed by atoms with Crippen LogP contribution in [0.5, 0.6) is 0 Å². The molecule has 0 unspecified atom stereocenters. The second kappa shape index (κ2) is 75.5. The summed E-state index contributed by atoms with van der Waals surface area (Å²) in [6, 6.07) is 0. The van der Waals surface area contributed by atoms with Gasteiger partial charge in [0, 0.05) is 17.9 Å². The number of carboxylic acid groups (broad SMARTS) is 3. The molecule has 0 atom stereocenters. The van der Waals surface area contributed by atoms with Crippen molar-refractivity contribution in [3.8, 4) is 0 Å². The van der Waals surface area contributed by atoms with Gasteiger partial charge < -0.3 is 29.7 Å². The quantitative estimate of drug-likeness (QED) is 0.0442. The van der Waals surface area contributed by atoms with Crippen LogP contribution in [0.1, 0.15) is 406 Å². The molecule has 0 saturated carbocycles. The zero-order valence-corrected chi connectivity index (χ0v) is 53.3. The minimum Gasteiger partial charge on any atom is -0.550 e. The van der Waals surface area contributed by atoms with E-state index in [1.165, 1.54) is 327 Å². The summed E-state index contributed by atoms with van der Waals surface area (Å²) < 4.78 is 0. The first-order valence-corrected chi connectivity index (χ1v) is 32.9. The molecular weight excluding hydrogens is 1100 g/mol. The Morgan fingerprint density at radius 2 is 0.260 bits per heavy atom. The van der Waals surface area contributed by atoms with Crippen LogP contribution in [0.25, 0.3) is 0 Å². The number of hydrogen-bond acceptors (Lipinski definition) is 6. The fraction of sp³-hybridized carbons (Fsp3) is 0.955. The topological polar surface area (TPSA) is 120 Å². The number of aliphatic carboxylic acids is 3. The van der Waals surface area contributed by atoms with Gasteiger partial charge in [-0.25, -0.2) is 0 Å². The molecule has 0 N–H and O–H groups in total. The van der Waals surface area contributed by atoms with Gasteiger partial charge in [0.05, 0.1) is 0 Å². The molecular formula is C66H129BiO6. The van der Waals surface area contributed by atoms with Crippen molar-refractivity contribution in [2.45, 2.75) is 406 Å². The zero-order chi connectivity index (χ0) is 53.2. The van der Waals surface area contributed by atoms with Gasteiger partial charge in [-0.3, -0.25) is 0 Å². The van der Waals surface area contributed by atoms with Crippen LogP contribution in [-0.4, -0.2) is 44.1 Å². The minimum atomic E-state index is -0.901. The Morgan fingerprint density at radius 1 is 0.178 bits per heavy atom. The van der Waals surface area contributed by atoms with Crippen molar-refractivity contribution in [1.82, 2.24) is 0 Å². The Balaban J connectivity index is -0.000000486. The molecule has 73 heavy (non-hydrogen) atoms. The van der Waals surface area contributed by atoms with E-state index in [2.05, 4.69) is 20.8 Å². The largest absolute Gasteiger partial charge is 3.00 e. The van der Waals surface area contributed by atoms with E-state index < -0.39 is 17.9 Å². The maximum absolute atomic E-state index is 10.3. The second-order valence-corrected chi connectivity index (χ2v) is 22.5. The van der Waals surface area contributed by atoms with Crippen LogP contribution >= 0.6 is 0 Å². The van der Waals surface area contributed by atoms with Gasteiger partial charge >= 0.3 is 26.2 Å². The van der Waals surface area contributed by atoms with Crippen LogP contribution in [0, 0.1) is 0 Å². The van der Waals surface area contributed by atoms with Crippen LogP contribution in [0.3, 0.4) is 0 Å². The van der Waals surface area contributed by atoms with Gasteiger partial charge in [0.1, 0.15) is 0 Å². The summed E-state index contributed by atoms with van der Waals surface area (Å²) in [5, 5.41) is 30.8. The molecule has 0 amide bonds. The summed E-state index contributed by atoms with van der Waals surface area (Å²) in [5.41, 5.74) is 0. The molecule has 0 aromatic rings. The first kappa shape index (κ1) is 78.8. The fourth-order valence-corrected chi connectivity index (χ4v) is 10.0. The van der Waals surface area contributed by atoms with E-state index in [9.17, 15) is 29.7 Å². The zero-order valence-electron chi connectivity index (χ0n) is 49.8. The van der Waals surface area contributed by atoms with E-state index in [1.807, 2.05) is 0 Å². The number of carbonyl (C=O) groups excluding carboxylic acids is 3. The van der Waals surface area contributed by atoms with Crippen molar-refractivity contribution in [2.75, 3.05) is 0 Å². The predicted molar refractivity (Wildman–Crippen MR) is 315 cm³/mol. The third-order valence-electron chi connectivity index (χ3n) is 15.0. The van der Waals surface area contributed by atoms with Crippen LogP contribution < -0.4 is 15.3 Å². The molecule has 2 radical (unpaired) electrons. The molecule has 0 aliphatic rings.